The number of likely N-dealkylation sites (N-methyl/N-ethyl adjacent to an activating group) is 1. The third-order valence-corrected chi connectivity index (χ3v) is 3.45. The van der Waals surface area contributed by atoms with Crippen molar-refractivity contribution in [3.05, 3.63) is 10.6 Å². The zero-order valence-electron chi connectivity index (χ0n) is 9.83. The van der Waals surface area contributed by atoms with Crippen LogP contribution in [-0.4, -0.2) is 39.3 Å². The van der Waals surface area contributed by atoms with E-state index in [9.17, 15) is 0 Å². The molecule has 0 fully saturated rings. The third kappa shape index (κ3) is 3.44. The highest BCUT2D eigenvalue weighted by Crippen LogP contribution is 2.24. The molecule has 0 aliphatic rings. The summed E-state index contributed by atoms with van der Waals surface area (Å²) in [5, 5.41) is 4.21. The fourth-order valence-electron chi connectivity index (χ4n) is 1.22. The summed E-state index contributed by atoms with van der Waals surface area (Å²) < 4.78 is 5.04. The summed E-state index contributed by atoms with van der Waals surface area (Å²) in [4.78, 5) is 7.96. The molecule has 0 atom stereocenters. The number of hydrogen-bond acceptors (Lipinski definition) is 5. The number of thiazole rings is 1. The molecule has 86 valence electrons. The lowest BCUT2D eigenvalue weighted by Gasteiger charge is -2.14. The van der Waals surface area contributed by atoms with E-state index in [1.807, 2.05) is 14.1 Å². The lowest BCUT2D eigenvalue weighted by Crippen LogP contribution is -2.21. The van der Waals surface area contributed by atoms with Crippen LogP contribution in [0.15, 0.2) is 0 Å². The van der Waals surface area contributed by atoms with Crippen molar-refractivity contribution >= 4 is 16.5 Å². The quantitative estimate of drug-likeness (QED) is 0.797. The van der Waals surface area contributed by atoms with Crippen molar-refractivity contribution in [2.45, 2.75) is 13.5 Å². The first-order valence-electron chi connectivity index (χ1n) is 5.00. The number of anilines is 1. The second-order valence-electron chi connectivity index (χ2n) is 3.45. The molecule has 0 saturated carbocycles. The molecule has 0 radical (unpaired) electrons. The summed E-state index contributed by atoms with van der Waals surface area (Å²) >= 11 is 1.74. The van der Waals surface area contributed by atoms with E-state index < -0.39 is 0 Å². The summed E-state index contributed by atoms with van der Waals surface area (Å²) in [6, 6.07) is 0. The van der Waals surface area contributed by atoms with Gasteiger partial charge in [0.1, 0.15) is 0 Å². The molecule has 4 nitrogen and oxygen atoms in total. The number of hydrogen-bond donors (Lipinski definition) is 1. The Balaban J connectivity index is 2.64. The van der Waals surface area contributed by atoms with Gasteiger partial charge in [-0.1, -0.05) is 0 Å². The van der Waals surface area contributed by atoms with Crippen LogP contribution in [0.3, 0.4) is 0 Å². The largest absolute Gasteiger partial charge is 0.383 e. The summed E-state index contributed by atoms with van der Waals surface area (Å²) in [5.41, 5.74) is 1.12. The average molecular weight is 229 g/mol. The highest BCUT2D eigenvalue weighted by Gasteiger charge is 2.09. The molecule has 1 aromatic heterocycles. The zero-order valence-corrected chi connectivity index (χ0v) is 10.6. The van der Waals surface area contributed by atoms with Gasteiger partial charge in [0.05, 0.1) is 12.3 Å². The number of nitrogens with one attached hydrogen (secondary N) is 1. The molecule has 0 bridgehead atoms. The molecular weight excluding hydrogens is 210 g/mol. The number of rotatable bonds is 6. The minimum atomic E-state index is 0.733. The summed E-state index contributed by atoms with van der Waals surface area (Å²) in [5.74, 6) is 0. The van der Waals surface area contributed by atoms with Crippen LogP contribution in [0.5, 0.6) is 0 Å². The van der Waals surface area contributed by atoms with E-state index in [1.54, 1.807) is 18.4 Å². The van der Waals surface area contributed by atoms with Crippen LogP contribution in [0, 0.1) is 6.92 Å². The fourth-order valence-corrected chi connectivity index (χ4v) is 2.28. The SMILES string of the molecule is CNCc1sc(N(C)CCOC)nc1C. The monoisotopic (exact) mass is 229 g/mol. The lowest BCUT2D eigenvalue weighted by atomic mass is 10.4. The van der Waals surface area contributed by atoms with Gasteiger partial charge in [0.2, 0.25) is 0 Å². The molecular formula is C10H19N3OS. The molecule has 0 aliphatic heterocycles. The van der Waals surface area contributed by atoms with E-state index in [4.69, 9.17) is 4.74 Å². The Morgan fingerprint density at radius 3 is 2.87 bits per heavy atom. The molecule has 15 heavy (non-hydrogen) atoms. The highest BCUT2D eigenvalue weighted by atomic mass is 32.1. The van der Waals surface area contributed by atoms with Gasteiger partial charge in [-0.15, -0.1) is 11.3 Å². The van der Waals surface area contributed by atoms with Gasteiger partial charge >= 0.3 is 0 Å². The first-order chi connectivity index (χ1) is 7.19. The van der Waals surface area contributed by atoms with Crippen LogP contribution in [0.1, 0.15) is 10.6 Å². The van der Waals surface area contributed by atoms with E-state index in [-0.39, 0.29) is 0 Å². The normalized spacial score (nSPS) is 10.7. The van der Waals surface area contributed by atoms with Gasteiger partial charge in [0.25, 0.3) is 0 Å². The molecule has 1 aromatic rings. The first-order valence-corrected chi connectivity index (χ1v) is 5.81. The molecule has 1 rings (SSSR count). The Hall–Kier alpha value is -0.650. The second kappa shape index (κ2) is 6.05. The standard InChI is InChI=1S/C10H19N3OS/c1-8-9(7-11-2)15-10(12-8)13(3)5-6-14-4/h11H,5-7H2,1-4H3. The van der Waals surface area contributed by atoms with E-state index in [0.29, 0.717) is 0 Å². The Labute approximate surface area is 95.3 Å². The van der Waals surface area contributed by atoms with Crippen LogP contribution in [0.4, 0.5) is 5.13 Å². The maximum atomic E-state index is 5.04. The highest BCUT2D eigenvalue weighted by molar-refractivity contribution is 7.15. The van der Waals surface area contributed by atoms with Crippen molar-refractivity contribution in [2.75, 3.05) is 39.3 Å². The Morgan fingerprint density at radius 1 is 1.53 bits per heavy atom. The van der Waals surface area contributed by atoms with Crippen LogP contribution >= 0.6 is 11.3 Å². The number of ether oxygens (including phenoxy) is 1. The van der Waals surface area contributed by atoms with Gasteiger partial charge in [-0.05, 0) is 14.0 Å². The topological polar surface area (TPSA) is 37.4 Å². The Bertz CT molecular complexity index is 301. The summed E-state index contributed by atoms with van der Waals surface area (Å²) in [6.45, 7) is 4.55. The van der Waals surface area contributed by atoms with E-state index >= 15 is 0 Å². The fraction of sp³-hybridized carbons (Fsp3) is 0.700. The van der Waals surface area contributed by atoms with Gasteiger partial charge in [0, 0.05) is 32.1 Å². The Kier molecular flexibility index (Phi) is 5.01. The molecule has 1 N–H and O–H groups in total. The van der Waals surface area contributed by atoms with Crippen molar-refractivity contribution in [3.8, 4) is 0 Å². The lowest BCUT2D eigenvalue weighted by molar-refractivity contribution is 0.206. The number of aromatic nitrogens is 1. The van der Waals surface area contributed by atoms with Gasteiger partial charge in [-0.3, -0.25) is 0 Å². The summed E-state index contributed by atoms with van der Waals surface area (Å²) in [7, 11) is 5.71. The number of methoxy groups -OCH3 is 1. The molecule has 0 amide bonds. The number of aryl methyl sites for hydroxylation is 1. The maximum absolute atomic E-state index is 5.04. The predicted molar refractivity (Wildman–Crippen MR) is 64.8 cm³/mol. The van der Waals surface area contributed by atoms with Crippen molar-refractivity contribution in [2.24, 2.45) is 0 Å². The molecule has 0 unspecified atom stereocenters. The Morgan fingerprint density at radius 2 is 2.27 bits per heavy atom. The minimum Gasteiger partial charge on any atom is -0.383 e. The molecule has 5 heteroatoms. The number of nitrogens with zero attached hydrogens (tertiary/aromatic N) is 2. The maximum Gasteiger partial charge on any atom is 0.185 e. The van der Waals surface area contributed by atoms with E-state index in [2.05, 4.69) is 22.1 Å². The van der Waals surface area contributed by atoms with Gasteiger partial charge in [-0.25, -0.2) is 4.98 Å². The second-order valence-corrected chi connectivity index (χ2v) is 4.51. The van der Waals surface area contributed by atoms with Crippen LogP contribution < -0.4 is 10.2 Å². The predicted octanol–water partition coefficient (Wildman–Crippen LogP) is 1.25. The van der Waals surface area contributed by atoms with Crippen molar-refractivity contribution in [3.63, 3.8) is 0 Å². The smallest absolute Gasteiger partial charge is 0.185 e. The minimum absolute atomic E-state index is 0.733. The summed E-state index contributed by atoms with van der Waals surface area (Å²) in [6.07, 6.45) is 0. The van der Waals surface area contributed by atoms with Crippen LogP contribution in [0.25, 0.3) is 0 Å². The van der Waals surface area contributed by atoms with Gasteiger partial charge in [-0.2, -0.15) is 0 Å². The van der Waals surface area contributed by atoms with Crippen molar-refractivity contribution in [1.82, 2.24) is 10.3 Å². The third-order valence-electron chi connectivity index (χ3n) is 2.18. The van der Waals surface area contributed by atoms with Crippen LogP contribution in [-0.2, 0) is 11.3 Å². The van der Waals surface area contributed by atoms with Crippen molar-refractivity contribution in [1.29, 1.82) is 0 Å². The molecule has 0 aliphatic carbocycles. The van der Waals surface area contributed by atoms with Crippen molar-refractivity contribution < 1.29 is 4.74 Å². The van der Waals surface area contributed by atoms with Gasteiger partial charge < -0.3 is 15.0 Å². The molecule has 1 heterocycles. The van der Waals surface area contributed by atoms with E-state index in [0.717, 1.165) is 30.5 Å². The van der Waals surface area contributed by atoms with Crippen LogP contribution in [0.2, 0.25) is 0 Å². The molecule has 0 aromatic carbocycles. The average Bonchev–Trinajstić information content (AvgIpc) is 2.58. The van der Waals surface area contributed by atoms with Gasteiger partial charge in [0.15, 0.2) is 5.13 Å². The molecule has 0 saturated heterocycles. The van der Waals surface area contributed by atoms with E-state index in [1.165, 1.54) is 4.88 Å². The first kappa shape index (κ1) is 12.4. The zero-order chi connectivity index (χ0) is 11.3. The molecule has 0 spiro atoms.